The van der Waals surface area contributed by atoms with E-state index in [0.717, 1.165) is 11.5 Å². The largest absolute Gasteiger partial charge is 0.398 e. The minimum absolute atomic E-state index is 0.108. The molecule has 92 valence electrons. The van der Waals surface area contributed by atoms with Gasteiger partial charge in [0.25, 0.3) is 5.91 Å². The van der Waals surface area contributed by atoms with Gasteiger partial charge in [0.1, 0.15) is 0 Å². The molecule has 0 atom stereocenters. The summed E-state index contributed by atoms with van der Waals surface area (Å²) >= 11 is 5.04. The average Bonchev–Trinajstić information content (AvgIpc) is 2.32. The molecule has 1 amide bonds. The molecule has 0 heterocycles. The Morgan fingerprint density at radius 3 is 3.06 bits per heavy atom. The summed E-state index contributed by atoms with van der Waals surface area (Å²) in [6.45, 7) is 4.27. The molecule has 3 N–H and O–H groups in total. The molecule has 0 aliphatic rings. The van der Waals surface area contributed by atoms with E-state index in [1.54, 1.807) is 30.0 Å². The molecule has 0 radical (unpaired) electrons. The van der Waals surface area contributed by atoms with Gasteiger partial charge < -0.3 is 11.1 Å². The Morgan fingerprint density at radius 2 is 2.35 bits per heavy atom. The van der Waals surface area contributed by atoms with E-state index in [1.165, 1.54) is 0 Å². The van der Waals surface area contributed by atoms with Crippen molar-refractivity contribution < 1.29 is 4.79 Å². The van der Waals surface area contributed by atoms with Crippen LogP contribution >= 0.6 is 27.7 Å². The Labute approximate surface area is 114 Å². The Kier molecular flexibility index (Phi) is 6.15. The smallest absolute Gasteiger partial charge is 0.252 e. The first-order valence-electron chi connectivity index (χ1n) is 5.17. The summed E-state index contributed by atoms with van der Waals surface area (Å²) in [5, 5.41) is 2.85. The van der Waals surface area contributed by atoms with Crippen molar-refractivity contribution in [2.75, 3.05) is 23.8 Å². The van der Waals surface area contributed by atoms with E-state index < -0.39 is 0 Å². The maximum Gasteiger partial charge on any atom is 0.252 e. The van der Waals surface area contributed by atoms with Crippen LogP contribution in [0.1, 0.15) is 10.4 Å². The van der Waals surface area contributed by atoms with Gasteiger partial charge in [-0.15, -0.1) is 6.58 Å². The first-order valence-corrected chi connectivity index (χ1v) is 7.12. The Hall–Kier alpha value is -0.940. The quantitative estimate of drug-likeness (QED) is 0.482. The summed E-state index contributed by atoms with van der Waals surface area (Å²) in [5.41, 5.74) is 6.85. The predicted molar refractivity (Wildman–Crippen MR) is 78.4 cm³/mol. The number of carbonyl (C=O) groups is 1. The van der Waals surface area contributed by atoms with Gasteiger partial charge in [-0.2, -0.15) is 11.8 Å². The van der Waals surface area contributed by atoms with Crippen molar-refractivity contribution in [3.8, 4) is 0 Å². The minimum Gasteiger partial charge on any atom is -0.398 e. The van der Waals surface area contributed by atoms with Gasteiger partial charge in [-0.3, -0.25) is 4.79 Å². The molecule has 1 aromatic carbocycles. The SMILES string of the molecule is C=CCSCCNC(=O)c1cccc(N)c1Br. The molecule has 1 aromatic rings. The summed E-state index contributed by atoms with van der Waals surface area (Å²) in [5.74, 6) is 1.67. The lowest BCUT2D eigenvalue weighted by Gasteiger charge is -2.07. The van der Waals surface area contributed by atoms with E-state index in [9.17, 15) is 4.79 Å². The fourth-order valence-electron chi connectivity index (χ4n) is 1.22. The van der Waals surface area contributed by atoms with E-state index >= 15 is 0 Å². The first-order chi connectivity index (χ1) is 8.16. The zero-order valence-corrected chi connectivity index (χ0v) is 11.8. The molecule has 0 aliphatic carbocycles. The second-order valence-corrected chi connectivity index (χ2v) is 5.27. The summed E-state index contributed by atoms with van der Waals surface area (Å²) in [6, 6.07) is 5.26. The number of halogens is 1. The number of anilines is 1. The highest BCUT2D eigenvalue weighted by molar-refractivity contribution is 9.10. The highest BCUT2D eigenvalue weighted by Gasteiger charge is 2.10. The number of benzene rings is 1. The van der Waals surface area contributed by atoms with E-state index in [1.807, 2.05) is 6.08 Å². The van der Waals surface area contributed by atoms with Crippen LogP contribution in [-0.2, 0) is 0 Å². The van der Waals surface area contributed by atoms with Gasteiger partial charge in [0.15, 0.2) is 0 Å². The fraction of sp³-hybridized carbons (Fsp3) is 0.250. The summed E-state index contributed by atoms with van der Waals surface area (Å²) in [6.07, 6.45) is 1.85. The molecule has 0 bridgehead atoms. The molecule has 5 heteroatoms. The molecular formula is C12H15BrN2OS. The lowest BCUT2D eigenvalue weighted by atomic mass is 10.2. The third-order valence-corrected chi connectivity index (χ3v) is 3.89. The van der Waals surface area contributed by atoms with Crippen molar-refractivity contribution in [3.63, 3.8) is 0 Å². The standard InChI is InChI=1S/C12H15BrN2OS/c1-2-7-17-8-6-15-12(16)9-4-3-5-10(14)11(9)13/h2-5H,1,6-8,14H2,(H,15,16). The number of thioether (sulfide) groups is 1. The zero-order valence-electron chi connectivity index (χ0n) is 9.41. The van der Waals surface area contributed by atoms with Gasteiger partial charge in [0.05, 0.1) is 10.0 Å². The van der Waals surface area contributed by atoms with E-state index in [4.69, 9.17) is 5.73 Å². The third-order valence-electron chi connectivity index (χ3n) is 2.04. The highest BCUT2D eigenvalue weighted by atomic mass is 79.9. The summed E-state index contributed by atoms with van der Waals surface area (Å²) in [7, 11) is 0. The summed E-state index contributed by atoms with van der Waals surface area (Å²) in [4.78, 5) is 11.8. The van der Waals surface area contributed by atoms with Gasteiger partial charge in [0.2, 0.25) is 0 Å². The second-order valence-electron chi connectivity index (χ2n) is 3.33. The molecular weight excluding hydrogens is 300 g/mol. The van der Waals surface area contributed by atoms with Crippen LogP contribution in [0.4, 0.5) is 5.69 Å². The van der Waals surface area contributed by atoms with Crippen LogP contribution < -0.4 is 11.1 Å². The molecule has 0 unspecified atom stereocenters. The van der Waals surface area contributed by atoms with Crippen LogP contribution in [0.15, 0.2) is 35.3 Å². The Bertz CT molecular complexity index is 409. The maximum absolute atomic E-state index is 11.8. The van der Waals surface area contributed by atoms with Crippen LogP contribution in [0.2, 0.25) is 0 Å². The molecule has 0 spiro atoms. The lowest BCUT2D eigenvalue weighted by Crippen LogP contribution is -2.26. The van der Waals surface area contributed by atoms with Crippen LogP contribution in [0.25, 0.3) is 0 Å². The van der Waals surface area contributed by atoms with E-state index in [2.05, 4.69) is 27.8 Å². The van der Waals surface area contributed by atoms with Gasteiger partial charge in [-0.05, 0) is 28.1 Å². The van der Waals surface area contributed by atoms with Gasteiger partial charge in [-0.1, -0.05) is 12.1 Å². The molecule has 1 rings (SSSR count). The number of nitrogens with one attached hydrogen (secondary N) is 1. The van der Waals surface area contributed by atoms with Crippen LogP contribution in [0.3, 0.4) is 0 Å². The minimum atomic E-state index is -0.108. The van der Waals surface area contributed by atoms with Gasteiger partial charge in [0, 0.05) is 23.7 Å². The number of hydrogen-bond donors (Lipinski definition) is 2. The van der Waals surface area contributed by atoms with Gasteiger partial charge >= 0.3 is 0 Å². The van der Waals surface area contributed by atoms with Crippen molar-refractivity contribution in [1.29, 1.82) is 0 Å². The second kappa shape index (κ2) is 7.40. The average molecular weight is 315 g/mol. The third kappa shape index (κ3) is 4.44. The predicted octanol–water partition coefficient (Wildman–Crippen LogP) is 2.68. The number of amides is 1. The van der Waals surface area contributed by atoms with Crippen molar-refractivity contribution >= 4 is 39.3 Å². The lowest BCUT2D eigenvalue weighted by molar-refractivity contribution is 0.0955. The van der Waals surface area contributed by atoms with E-state index in [0.29, 0.717) is 22.3 Å². The fourth-order valence-corrected chi connectivity index (χ4v) is 2.25. The molecule has 0 aliphatic heterocycles. The molecule has 0 saturated heterocycles. The van der Waals surface area contributed by atoms with Crippen molar-refractivity contribution in [3.05, 3.63) is 40.9 Å². The topological polar surface area (TPSA) is 55.1 Å². The van der Waals surface area contributed by atoms with Crippen molar-refractivity contribution in [2.45, 2.75) is 0 Å². The molecule has 0 fully saturated rings. The van der Waals surface area contributed by atoms with Crippen molar-refractivity contribution in [2.24, 2.45) is 0 Å². The molecule has 0 aromatic heterocycles. The number of nitrogen functional groups attached to an aromatic ring is 1. The van der Waals surface area contributed by atoms with Gasteiger partial charge in [-0.25, -0.2) is 0 Å². The monoisotopic (exact) mass is 314 g/mol. The van der Waals surface area contributed by atoms with E-state index in [-0.39, 0.29) is 5.91 Å². The number of rotatable bonds is 6. The normalized spacial score (nSPS) is 9.94. The Morgan fingerprint density at radius 1 is 1.59 bits per heavy atom. The molecule has 0 saturated carbocycles. The highest BCUT2D eigenvalue weighted by Crippen LogP contribution is 2.23. The Balaban J connectivity index is 2.47. The molecule has 17 heavy (non-hydrogen) atoms. The molecule has 3 nitrogen and oxygen atoms in total. The number of hydrogen-bond acceptors (Lipinski definition) is 3. The number of carbonyl (C=O) groups excluding carboxylic acids is 1. The first kappa shape index (κ1) is 14.1. The van der Waals surface area contributed by atoms with Crippen LogP contribution in [-0.4, -0.2) is 24.0 Å². The van der Waals surface area contributed by atoms with Crippen LogP contribution in [0.5, 0.6) is 0 Å². The van der Waals surface area contributed by atoms with Crippen molar-refractivity contribution in [1.82, 2.24) is 5.32 Å². The zero-order chi connectivity index (χ0) is 12.7. The number of nitrogens with two attached hydrogens (primary N) is 1. The van der Waals surface area contributed by atoms with Crippen LogP contribution in [0, 0.1) is 0 Å². The maximum atomic E-state index is 11.8. The summed E-state index contributed by atoms with van der Waals surface area (Å²) < 4.78 is 0.649.